The molecule has 2 rings (SSSR count). The van der Waals surface area contributed by atoms with Crippen LogP contribution in [-0.2, 0) is 4.74 Å². The van der Waals surface area contributed by atoms with Crippen molar-refractivity contribution >= 4 is 23.4 Å². The quantitative estimate of drug-likeness (QED) is 0.876. The summed E-state index contributed by atoms with van der Waals surface area (Å²) in [5.74, 6) is 0. The van der Waals surface area contributed by atoms with E-state index < -0.39 is 18.4 Å². The molecule has 4 nitrogen and oxygen atoms in total. The van der Waals surface area contributed by atoms with Gasteiger partial charge in [0.25, 0.3) is 0 Å². The smallest absolute Gasteiger partial charge is 0.430 e. The van der Waals surface area contributed by atoms with E-state index >= 15 is 0 Å². The molecule has 128 valence electrons. The molecular weight excluding hydrogens is 333 g/mol. The molecule has 23 heavy (non-hydrogen) atoms. The van der Waals surface area contributed by atoms with Crippen LogP contribution in [0.15, 0.2) is 24.3 Å². The third kappa shape index (κ3) is 5.91. The molecule has 1 aliphatic rings. The van der Waals surface area contributed by atoms with Crippen molar-refractivity contribution in [2.24, 2.45) is 0 Å². The second kappa shape index (κ2) is 7.88. The van der Waals surface area contributed by atoms with Gasteiger partial charge in [-0.1, -0.05) is 11.6 Å². The minimum absolute atomic E-state index is 0.252. The van der Waals surface area contributed by atoms with Gasteiger partial charge in [-0.05, 0) is 43.5 Å². The number of ether oxygens (including phenoxy) is 1. The van der Waals surface area contributed by atoms with Crippen molar-refractivity contribution in [3.8, 4) is 0 Å². The first-order valence-corrected chi connectivity index (χ1v) is 7.86. The Morgan fingerprint density at radius 3 is 2.39 bits per heavy atom. The Hall–Kier alpha value is -1.47. The summed E-state index contributed by atoms with van der Waals surface area (Å²) in [6.45, 7) is 1.10. The topological polar surface area (TPSA) is 42.8 Å². The number of nitrogens with one attached hydrogen (secondary N) is 2. The maximum Gasteiger partial charge on any atom is 0.431 e. The summed E-state index contributed by atoms with van der Waals surface area (Å²) >= 11 is 5.71. The van der Waals surface area contributed by atoms with Crippen LogP contribution in [0.5, 0.6) is 0 Å². The van der Waals surface area contributed by atoms with E-state index in [1.165, 1.54) is 24.3 Å². The number of halogens is 4. The minimum atomic E-state index is -4.58. The first-order chi connectivity index (χ1) is 10.8. The van der Waals surface area contributed by atoms with Crippen LogP contribution in [0.2, 0.25) is 5.02 Å². The minimum Gasteiger partial charge on any atom is -0.430 e. The van der Waals surface area contributed by atoms with Gasteiger partial charge in [-0.3, -0.25) is 5.32 Å². The van der Waals surface area contributed by atoms with Crippen LogP contribution >= 0.6 is 11.6 Å². The van der Waals surface area contributed by atoms with Gasteiger partial charge in [0.1, 0.15) is 6.54 Å². The first-order valence-electron chi connectivity index (χ1n) is 7.48. The molecule has 0 aliphatic carbocycles. The lowest BCUT2D eigenvalue weighted by atomic mass is 10.1. The number of rotatable bonds is 4. The zero-order valence-corrected chi connectivity index (χ0v) is 13.2. The number of quaternary nitrogens is 1. The molecule has 0 bridgehead atoms. The van der Waals surface area contributed by atoms with E-state index in [4.69, 9.17) is 11.6 Å². The molecular formula is C15H19ClF3N2O2+. The largest absolute Gasteiger partial charge is 0.431 e. The normalized spacial score (nSPS) is 17.6. The van der Waals surface area contributed by atoms with Crippen molar-refractivity contribution in [2.45, 2.75) is 31.5 Å². The fourth-order valence-corrected chi connectivity index (χ4v) is 2.68. The van der Waals surface area contributed by atoms with Crippen molar-refractivity contribution in [3.63, 3.8) is 0 Å². The summed E-state index contributed by atoms with van der Waals surface area (Å²) < 4.78 is 43.9. The van der Waals surface area contributed by atoms with Crippen molar-refractivity contribution < 1.29 is 27.6 Å². The van der Waals surface area contributed by atoms with Gasteiger partial charge < -0.3 is 9.64 Å². The van der Waals surface area contributed by atoms with Crippen LogP contribution in [0, 0.1) is 0 Å². The van der Waals surface area contributed by atoms with Crippen LogP contribution in [0.25, 0.3) is 0 Å². The van der Waals surface area contributed by atoms with E-state index in [1.54, 1.807) is 0 Å². The third-order valence-corrected chi connectivity index (χ3v) is 3.99. The first kappa shape index (κ1) is 17.9. The molecule has 1 atom stereocenters. The van der Waals surface area contributed by atoms with Crippen LogP contribution in [-0.4, -0.2) is 38.0 Å². The van der Waals surface area contributed by atoms with Gasteiger partial charge in [0, 0.05) is 10.7 Å². The van der Waals surface area contributed by atoms with Gasteiger partial charge in [-0.25, -0.2) is 4.79 Å². The number of likely N-dealkylation sites (tertiary alicyclic amines) is 1. The van der Waals surface area contributed by atoms with Crippen LogP contribution in [0.1, 0.15) is 19.3 Å². The Morgan fingerprint density at radius 1 is 1.22 bits per heavy atom. The number of carbonyl (C=O) groups is 1. The molecule has 1 amide bonds. The second-order valence-corrected chi connectivity index (χ2v) is 6.02. The van der Waals surface area contributed by atoms with E-state index in [1.807, 2.05) is 0 Å². The molecule has 1 heterocycles. The Bertz CT molecular complexity index is 516. The van der Waals surface area contributed by atoms with E-state index in [-0.39, 0.29) is 6.54 Å². The van der Waals surface area contributed by atoms with Crippen LogP contribution in [0.4, 0.5) is 23.7 Å². The highest BCUT2D eigenvalue weighted by atomic mass is 35.5. The van der Waals surface area contributed by atoms with Crippen molar-refractivity contribution in [1.82, 2.24) is 0 Å². The number of amides is 1. The number of benzene rings is 1. The monoisotopic (exact) mass is 351 g/mol. The lowest BCUT2D eigenvalue weighted by molar-refractivity contribution is -0.909. The van der Waals surface area contributed by atoms with Gasteiger partial charge in [-0.2, -0.15) is 13.2 Å². The average Bonchev–Trinajstić information content (AvgIpc) is 2.49. The van der Waals surface area contributed by atoms with Crippen molar-refractivity contribution in [3.05, 3.63) is 29.3 Å². The number of hydrogen-bond donors (Lipinski definition) is 2. The lowest BCUT2D eigenvalue weighted by Crippen LogP contribution is -3.14. The number of carbonyl (C=O) groups excluding carboxylic acids is 1. The summed E-state index contributed by atoms with van der Waals surface area (Å²) in [7, 11) is 0. The SMILES string of the molecule is O=C(Nc1ccc(Cl)cc1)O[C@@H](C[NH+]1CCCCC1)C(F)(F)F. The number of piperidine rings is 1. The van der Waals surface area contributed by atoms with Crippen molar-refractivity contribution in [2.75, 3.05) is 25.0 Å². The van der Waals surface area contributed by atoms with Gasteiger partial charge >= 0.3 is 12.3 Å². The maximum atomic E-state index is 13.1. The van der Waals surface area contributed by atoms with Gasteiger partial charge in [0.15, 0.2) is 0 Å². The Labute approximate surface area is 137 Å². The molecule has 0 radical (unpaired) electrons. The number of hydrogen-bond acceptors (Lipinski definition) is 2. The highest BCUT2D eigenvalue weighted by Gasteiger charge is 2.45. The fourth-order valence-electron chi connectivity index (χ4n) is 2.55. The predicted molar refractivity (Wildman–Crippen MR) is 80.8 cm³/mol. The van der Waals surface area contributed by atoms with Crippen LogP contribution < -0.4 is 10.2 Å². The zero-order valence-electron chi connectivity index (χ0n) is 12.5. The van der Waals surface area contributed by atoms with E-state index in [2.05, 4.69) is 10.1 Å². The molecule has 1 aromatic carbocycles. The fraction of sp³-hybridized carbons (Fsp3) is 0.533. The van der Waals surface area contributed by atoms with E-state index in [9.17, 15) is 18.0 Å². The summed E-state index contributed by atoms with van der Waals surface area (Å²) in [4.78, 5) is 12.5. The highest BCUT2D eigenvalue weighted by Crippen LogP contribution is 2.23. The van der Waals surface area contributed by atoms with Gasteiger partial charge in [0.2, 0.25) is 6.10 Å². The molecule has 1 aliphatic heterocycles. The second-order valence-electron chi connectivity index (χ2n) is 5.58. The standard InChI is InChI=1S/C15H18ClF3N2O2/c16-11-4-6-12(7-5-11)20-14(22)23-13(15(17,18)19)10-21-8-2-1-3-9-21/h4-7,13H,1-3,8-10H2,(H,20,22)/p+1/t13-/m0/s1. The maximum absolute atomic E-state index is 13.1. The molecule has 8 heteroatoms. The third-order valence-electron chi connectivity index (χ3n) is 3.74. The van der Waals surface area contributed by atoms with E-state index in [0.717, 1.165) is 24.2 Å². The Kier molecular flexibility index (Phi) is 6.12. The molecule has 1 fully saturated rings. The molecule has 2 N–H and O–H groups in total. The molecule has 0 aromatic heterocycles. The summed E-state index contributed by atoms with van der Waals surface area (Å²) in [6, 6.07) is 6.02. The Morgan fingerprint density at radius 2 is 1.83 bits per heavy atom. The predicted octanol–water partition coefficient (Wildman–Crippen LogP) is 2.89. The molecule has 0 spiro atoms. The number of anilines is 1. The lowest BCUT2D eigenvalue weighted by Gasteiger charge is -2.28. The van der Waals surface area contributed by atoms with Crippen LogP contribution in [0.3, 0.4) is 0 Å². The van der Waals surface area contributed by atoms with Crippen molar-refractivity contribution in [1.29, 1.82) is 0 Å². The molecule has 1 saturated heterocycles. The van der Waals surface area contributed by atoms with Gasteiger partial charge in [-0.15, -0.1) is 0 Å². The van der Waals surface area contributed by atoms with E-state index in [0.29, 0.717) is 23.8 Å². The number of alkyl halides is 3. The zero-order chi connectivity index (χ0) is 16.9. The summed E-state index contributed by atoms with van der Waals surface area (Å²) in [5, 5.41) is 2.74. The van der Waals surface area contributed by atoms with Gasteiger partial charge in [0.05, 0.1) is 13.1 Å². The molecule has 1 aromatic rings. The summed E-state index contributed by atoms with van der Waals surface area (Å²) in [5.41, 5.74) is 0.325. The highest BCUT2D eigenvalue weighted by molar-refractivity contribution is 6.30. The summed E-state index contributed by atoms with van der Waals surface area (Å²) in [6.07, 6.45) is -4.97. The molecule has 0 saturated carbocycles. The Balaban J connectivity index is 1.93. The average molecular weight is 352 g/mol. The molecule has 0 unspecified atom stereocenters.